The molecule has 50 valence electrons. The third-order valence-corrected chi connectivity index (χ3v) is 3.11. The van der Waals surface area contributed by atoms with Crippen LogP contribution in [0.25, 0.3) is 0 Å². The van der Waals surface area contributed by atoms with Gasteiger partial charge in [0.25, 0.3) is 0 Å². The molecule has 3 atom stereocenters. The first kappa shape index (κ1) is 5.52. The van der Waals surface area contributed by atoms with E-state index in [0.29, 0.717) is 0 Å². The van der Waals surface area contributed by atoms with Crippen LogP contribution >= 0.6 is 0 Å². The predicted octanol–water partition coefficient (Wildman–Crippen LogP) is 2.61. The van der Waals surface area contributed by atoms with Crippen molar-refractivity contribution >= 4 is 0 Å². The van der Waals surface area contributed by atoms with Gasteiger partial charge in [0.1, 0.15) is 0 Å². The van der Waals surface area contributed by atoms with Crippen LogP contribution in [0, 0.1) is 17.8 Å². The lowest BCUT2D eigenvalue weighted by atomic mass is 9.85. The summed E-state index contributed by atoms with van der Waals surface area (Å²) in [5.41, 5.74) is 0. The van der Waals surface area contributed by atoms with E-state index in [-0.39, 0.29) is 0 Å². The summed E-state index contributed by atoms with van der Waals surface area (Å²) in [5.74, 6) is 2.98. The Morgan fingerprint density at radius 3 is 2.89 bits per heavy atom. The van der Waals surface area contributed by atoms with Crippen LogP contribution < -0.4 is 0 Å². The maximum atomic E-state index is 2.42. The summed E-state index contributed by atoms with van der Waals surface area (Å²) in [4.78, 5) is 0. The second-order valence-corrected chi connectivity index (χ2v) is 3.52. The normalized spacial score (nSPS) is 47.9. The molecule has 0 saturated heterocycles. The van der Waals surface area contributed by atoms with Gasteiger partial charge in [0, 0.05) is 0 Å². The number of rotatable bonds is 0. The molecule has 0 spiro atoms. The van der Waals surface area contributed by atoms with Gasteiger partial charge in [0.15, 0.2) is 0 Å². The van der Waals surface area contributed by atoms with Crippen LogP contribution in [0.4, 0.5) is 0 Å². The van der Waals surface area contributed by atoms with E-state index in [1.165, 1.54) is 19.3 Å². The van der Waals surface area contributed by atoms with Crippen LogP contribution in [0.2, 0.25) is 0 Å². The highest BCUT2D eigenvalue weighted by Gasteiger charge is 2.32. The zero-order valence-electron chi connectivity index (χ0n) is 6.01. The fourth-order valence-electron chi connectivity index (χ4n) is 2.31. The Bertz CT molecular complexity index is 135. The van der Waals surface area contributed by atoms with E-state index < -0.39 is 0 Å². The maximum Gasteiger partial charge on any atom is -0.0205 e. The maximum absolute atomic E-state index is 2.42. The standard InChI is InChI=1S/C9H14/c1-7-8-3-2-4-9(7)6-5-8/h2-3,7-9H,4-6H2,1H3. The van der Waals surface area contributed by atoms with Crippen LogP contribution in [0.1, 0.15) is 26.2 Å². The summed E-state index contributed by atoms with van der Waals surface area (Å²) < 4.78 is 0. The minimum Gasteiger partial charge on any atom is -0.0880 e. The van der Waals surface area contributed by atoms with Crippen LogP contribution in [-0.4, -0.2) is 0 Å². The highest BCUT2D eigenvalue weighted by Crippen LogP contribution is 2.42. The zero-order valence-corrected chi connectivity index (χ0v) is 6.01. The van der Waals surface area contributed by atoms with E-state index >= 15 is 0 Å². The molecule has 2 rings (SSSR count). The Hall–Kier alpha value is -0.260. The minimum atomic E-state index is 0.948. The Labute approximate surface area is 57.0 Å². The highest BCUT2D eigenvalue weighted by molar-refractivity contribution is 5.03. The van der Waals surface area contributed by atoms with Crippen molar-refractivity contribution in [3.8, 4) is 0 Å². The van der Waals surface area contributed by atoms with Crippen molar-refractivity contribution in [1.82, 2.24) is 0 Å². The van der Waals surface area contributed by atoms with Gasteiger partial charge in [-0.05, 0) is 37.0 Å². The highest BCUT2D eigenvalue weighted by atomic mass is 14.4. The Balaban J connectivity index is 2.22. The number of allylic oxidation sites excluding steroid dienone is 2. The van der Waals surface area contributed by atoms with Gasteiger partial charge in [0.2, 0.25) is 0 Å². The van der Waals surface area contributed by atoms with Gasteiger partial charge in [-0.3, -0.25) is 0 Å². The van der Waals surface area contributed by atoms with Crippen molar-refractivity contribution in [2.45, 2.75) is 26.2 Å². The van der Waals surface area contributed by atoms with E-state index in [4.69, 9.17) is 0 Å². The molecule has 0 aliphatic heterocycles. The smallest absolute Gasteiger partial charge is 0.0205 e. The average Bonchev–Trinajstić information content (AvgIpc) is 2.19. The van der Waals surface area contributed by atoms with Gasteiger partial charge in [-0.2, -0.15) is 0 Å². The summed E-state index contributed by atoms with van der Waals surface area (Å²) in [6.07, 6.45) is 9.11. The van der Waals surface area contributed by atoms with E-state index in [9.17, 15) is 0 Å². The first-order valence-corrected chi connectivity index (χ1v) is 4.04. The summed E-state index contributed by atoms with van der Waals surface area (Å²) in [6, 6.07) is 0. The molecule has 0 heteroatoms. The second kappa shape index (κ2) is 1.86. The SMILES string of the molecule is CC1C2C=CCC1CC2. The van der Waals surface area contributed by atoms with Crippen LogP contribution in [0.5, 0.6) is 0 Å². The first-order chi connectivity index (χ1) is 4.38. The van der Waals surface area contributed by atoms with E-state index in [1.807, 2.05) is 0 Å². The largest absolute Gasteiger partial charge is 0.0880 e. The van der Waals surface area contributed by atoms with Gasteiger partial charge in [-0.1, -0.05) is 19.1 Å². The third kappa shape index (κ3) is 0.726. The molecule has 1 saturated carbocycles. The molecule has 0 aromatic heterocycles. The third-order valence-electron chi connectivity index (χ3n) is 3.11. The molecule has 1 fully saturated rings. The lowest BCUT2D eigenvalue weighted by molar-refractivity contribution is 0.365. The van der Waals surface area contributed by atoms with E-state index in [1.54, 1.807) is 0 Å². The Morgan fingerprint density at radius 2 is 2.22 bits per heavy atom. The molecule has 0 N–H and O–H groups in total. The molecule has 2 aliphatic carbocycles. The quantitative estimate of drug-likeness (QED) is 0.433. The number of hydrogen-bond donors (Lipinski definition) is 0. The molecule has 9 heavy (non-hydrogen) atoms. The average molecular weight is 122 g/mol. The summed E-state index contributed by atoms with van der Waals surface area (Å²) in [7, 11) is 0. The van der Waals surface area contributed by atoms with Crippen molar-refractivity contribution in [3.05, 3.63) is 12.2 Å². The van der Waals surface area contributed by atoms with E-state index in [2.05, 4.69) is 19.1 Å². The lowest BCUT2D eigenvalue weighted by Gasteiger charge is -2.20. The number of hydrogen-bond acceptors (Lipinski definition) is 0. The molecular weight excluding hydrogens is 108 g/mol. The van der Waals surface area contributed by atoms with Crippen LogP contribution in [0.15, 0.2) is 12.2 Å². The van der Waals surface area contributed by atoms with Crippen molar-refractivity contribution in [2.24, 2.45) is 17.8 Å². The predicted molar refractivity (Wildman–Crippen MR) is 39.1 cm³/mol. The molecule has 0 aromatic carbocycles. The molecule has 2 bridgehead atoms. The molecule has 0 amide bonds. The summed E-state index contributed by atoms with van der Waals surface area (Å²) in [5, 5.41) is 0. The first-order valence-electron chi connectivity index (χ1n) is 4.04. The van der Waals surface area contributed by atoms with Crippen LogP contribution in [-0.2, 0) is 0 Å². The summed E-state index contributed by atoms with van der Waals surface area (Å²) >= 11 is 0. The molecule has 3 unspecified atom stereocenters. The van der Waals surface area contributed by atoms with Crippen molar-refractivity contribution in [1.29, 1.82) is 0 Å². The van der Waals surface area contributed by atoms with Gasteiger partial charge >= 0.3 is 0 Å². The lowest BCUT2D eigenvalue weighted by Crippen LogP contribution is -2.12. The topological polar surface area (TPSA) is 0 Å². The number of fused-ring (bicyclic) bond motifs is 2. The fraction of sp³-hybridized carbons (Fsp3) is 0.778. The molecule has 2 aliphatic rings. The molecule has 0 aromatic rings. The molecular formula is C9H14. The van der Waals surface area contributed by atoms with Crippen molar-refractivity contribution < 1.29 is 0 Å². The van der Waals surface area contributed by atoms with Crippen LogP contribution in [0.3, 0.4) is 0 Å². The van der Waals surface area contributed by atoms with Crippen molar-refractivity contribution in [3.63, 3.8) is 0 Å². The fourth-order valence-corrected chi connectivity index (χ4v) is 2.31. The monoisotopic (exact) mass is 122 g/mol. The summed E-state index contributed by atoms with van der Waals surface area (Å²) in [6.45, 7) is 2.41. The molecule has 0 radical (unpaired) electrons. The molecule has 0 heterocycles. The Morgan fingerprint density at radius 1 is 1.33 bits per heavy atom. The van der Waals surface area contributed by atoms with E-state index in [0.717, 1.165) is 17.8 Å². The van der Waals surface area contributed by atoms with Gasteiger partial charge in [0.05, 0.1) is 0 Å². The second-order valence-electron chi connectivity index (χ2n) is 3.52. The van der Waals surface area contributed by atoms with Gasteiger partial charge < -0.3 is 0 Å². The Kier molecular flexibility index (Phi) is 1.14. The molecule has 0 nitrogen and oxygen atoms in total. The van der Waals surface area contributed by atoms with Crippen molar-refractivity contribution in [2.75, 3.05) is 0 Å². The van der Waals surface area contributed by atoms with Gasteiger partial charge in [-0.15, -0.1) is 0 Å². The minimum absolute atomic E-state index is 0.948. The zero-order chi connectivity index (χ0) is 6.27. The van der Waals surface area contributed by atoms with Gasteiger partial charge in [-0.25, -0.2) is 0 Å².